The van der Waals surface area contributed by atoms with E-state index in [2.05, 4.69) is 149 Å². The van der Waals surface area contributed by atoms with E-state index in [0.717, 1.165) is 65.4 Å². The minimum absolute atomic E-state index is 0.152. The first kappa shape index (κ1) is 29.5. The molecule has 1 aromatic heterocycles. The van der Waals surface area contributed by atoms with Crippen LogP contribution < -0.4 is 10.2 Å². The van der Waals surface area contributed by atoms with Crippen LogP contribution in [0, 0.1) is 0 Å². The summed E-state index contributed by atoms with van der Waals surface area (Å²) < 4.78 is 2.29. The van der Waals surface area contributed by atoms with Crippen molar-refractivity contribution in [1.29, 1.82) is 0 Å². The van der Waals surface area contributed by atoms with Crippen molar-refractivity contribution in [3.05, 3.63) is 192 Å². The first-order valence-corrected chi connectivity index (χ1v) is 16.7. The van der Waals surface area contributed by atoms with E-state index in [9.17, 15) is 0 Å². The maximum atomic E-state index is 5.09. The van der Waals surface area contributed by atoms with Gasteiger partial charge in [-0.15, -0.1) is 0 Å². The highest BCUT2D eigenvalue weighted by atomic mass is 15.2. The molecule has 3 heterocycles. The Bertz CT molecular complexity index is 2160. The fraction of sp³-hybridized carbons (Fsp3) is 0.116. The molecule has 1 N–H and O–H groups in total. The van der Waals surface area contributed by atoms with Crippen LogP contribution in [0.1, 0.15) is 31.5 Å². The lowest BCUT2D eigenvalue weighted by Gasteiger charge is -2.30. The molecular formula is C43H37N5. The van der Waals surface area contributed by atoms with E-state index in [-0.39, 0.29) is 6.04 Å². The average molecular weight is 624 g/mol. The third-order valence-electron chi connectivity index (χ3n) is 9.25. The summed E-state index contributed by atoms with van der Waals surface area (Å²) in [6, 6.07) is 29.5. The molecular weight excluding hydrogens is 587 g/mol. The Morgan fingerprint density at radius 2 is 1.38 bits per heavy atom. The molecule has 0 bridgehead atoms. The number of imidazole rings is 1. The van der Waals surface area contributed by atoms with Crippen molar-refractivity contribution in [3.63, 3.8) is 0 Å². The zero-order valence-electron chi connectivity index (χ0n) is 26.8. The number of rotatable bonds is 6. The number of benzene rings is 3. The quantitative estimate of drug-likeness (QED) is 0.233. The van der Waals surface area contributed by atoms with E-state index in [4.69, 9.17) is 9.98 Å². The van der Waals surface area contributed by atoms with Crippen molar-refractivity contribution in [2.24, 2.45) is 4.99 Å². The van der Waals surface area contributed by atoms with Gasteiger partial charge in [-0.3, -0.25) is 4.57 Å². The zero-order chi connectivity index (χ0) is 32.3. The molecule has 2 aliphatic heterocycles. The van der Waals surface area contributed by atoms with Gasteiger partial charge in [-0.2, -0.15) is 0 Å². The van der Waals surface area contributed by atoms with E-state index in [1.807, 2.05) is 24.3 Å². The van der Waals surface area contributed by atoms with Crippen LogP contribution in [0.5, 0.6) is 0 Å². The molecule has 8 rings (SSSR count). The number of para-hydroxylation sites is 4. The van der Waals surface area contributed by atoms with Crippen molar-refractivity contribution < 1.29 is 0 Å². The molecule has 0 saturated carbocycles. The lowest BCUT2D eigenvalue weighted by molar-refractivity contribution is 0.696. The first-order valence-electron chi connectivity index (χ1n) is 16.7. The Labute approximate surface area is 282 Å². The number of fused-ring (bicyclic) bond motifs is 1. The Kier molecular flexibility index (Phi) is 8.01. The van der Waals surface area contributed by atoms with E-state index >= 15 is 0 Å². The van der Waals surface area contributed by atoms with E-state index in [1.54, 1.807) is 0 Å². The maximum Gasteiger partial charge on any atom is 0.141 e. The highest BCUT2D eigenvalue weighted by Gasteiger charge is 2.24. The highest BCUT2D eigenvalue weighted by Crippen LogP contribution is 2.34. The van der Waals surface area contributed by atoms with Crippen molar-refractivity contribution in [2.75, 3.05) is 4.90 Å². The number of nitrogens with one attached hydrogen (secondary N) is 1. The van der Waals surface area contributed by atoms with Crippen LogP contribution in [0.2, 0.25) is 0 Å². The van der Waals surface area contributed by atoms with Gasteiger partial charge in [0.1, 0.15) is 11.7 Å². The summed E-state index contributed by atoms with van der Waals surface area (Å²) in [5.74, 6) is 1.94. The second kappa shape index (κ2) is 13.0. The van der Waals surface area contributed by atoms with Gasteiger partial charge in [-0.05, 0) is 103 Å². The lowest BCUT2D eigenvalue weighted by Crippen LogP contribution is -2.33. The van der Waals surface area contributed by atoms with Gasteiger partial charge in [0, 0.05) is 23.3 Å². The fourth-order valence-electron chi connectivity index (χ4n) is 6.79. The van der Waals surface area contributed by atoms with Gasteiger partial charge in [0.05, 0.1) is 22.8 Å². The van der Waals surface area contributed by atoms with Crippen LogP contribution in [-0.2, 0) is 0 Å². The summed E-state index contributed by atoms with van der Waals surface area (Å²) in [6.45, 7) is 4.16. The molecule has 5 heteroatoms. The smallest absolute Gasteiger partial charge is 0.141 e. The van der Waals surface area contributed by atoms with Crippen LogP contribution in [0.3, 0.4) is 0 Å². The zero-order valence-corrected chi connectivity index (χ0v) is 26.8. The van der Waals surface area contributed by atoms with E-state index in [1.165, 1.54) is 28.0 Å². The lowest BCUT2D eigenvalue weighted by atomic mass is 9.89. The third-order valence-corrected chi connectivity index (χ3v) is 9.25. The van der Waals surface area contributed by atoms with Gasteiger partial charge in [0.2, 0.25) is 0 Å². The van der Waals surface area contributed by atoms with Crippen LogP contribution in [0.25, 0.3) is 22.3 Å². The van der Waals surface area contributed by atoms with E-state index in [0.29, 0.717) is 0 Å². The molecule has 4 aliphatic rings. The van der Waals surface area contributed by atoms with Gasteiger partial charge in [-0.25, -0.2) is 9.98 Å². The van der Waals surface area contributed by atoms with Crippen LogP contribution in [-0.4, -0.2) is 21.4 Å². The maximum absolute atomic E-state index is 5.09. The van der Waals surface area contributed by atoms with Gasteiger partial charge in [0.15, 0.2) is 0 Å². The van der Waals surface area contributed by atoms with Gasteiger partial charge in [0.25, 0.3) is 0 Å². The highest BCUT2D eigenvalue weighted by molar-refractivity contribution is 6.11. The monoisotopic (exact) mass is 623 g/mol. The summed E-state index contributed by atoms with van der Waals surface area (Å²) >= 11 is 0. The Hall–Kier alpha value is -5.94. The van der Waals surface area contributed by atoms with Crippen molar-refractivity contribution in [1.82, 2.24) is 14.9 Å². The predicted octanol–water partition coefficient (Wildman–Crippen LogP) is 9.69. The minimum Gasteiger partial charge on any atom is -0.375 e. The topological polar surface area (TPSA) is 45.5 Å². The Morgan fingerprint density at radius 3 is 2.15 bits per heavy atom. The molecule has 0 saturated heterocycles. The third kappa shape index (κ3) is 5.87. The number of aromatic nitrogens is 2. The summed E-state index contributed by atoms with van der Waals surface area (Å²) in [5, 5.41) is 3.84. The second-order valence-corrected chi connectivity index (χ2v) is 12.3. The molecule has 0 spiro atoms. The molecule has 234 valence electrons. The largest absolute Gasteiger partial charge is 0.375 e. The molecule has 0 radical (unpaired) electrons. The number of allylic oxidation sites excluding steroid dienone is 11. The predicted molar refractivity (Wildman–Crippen MR) is 200 cm³/mol. The van der Waals surface area contributed by atoms with Crippen LogP contribution >= 0.6 is 0 Å². The number of hydrogen-bond donors (Lipinski definition) is 1. The number of aliphatic imine (C=N–C) groups is 1. The summed E-state index contributed by atoms with van der Waals surface area (Å²) in [4.78, 5) is 12.2. The molecule has 3 aromatic carbocycles. The summed E-state index contributed by atoms with van der Waals surface area (Å²) in [5.41, 5.74) is 11.4. The SMILES string of the molecule is C=C1/C=C\C=C/N(c2ccccc2)/C(C2=CC=C(C3C=CC=C(C4=CC=C(c5nc6ccccc6n5-c5ccccc5)CC4)N3)CC2)=N\1. The van der Waals surface area contributed by atoms with Crippen LogP contribution in [0.4, 0.5) is 5.69 Å². The van der Waals surface area contributed by atoms with Gasteiger partial charge < -0.3 is 10.2 Å². The van der Waals surface area contributed by atoms with Crippen molar-refractivity contribution in [3.8, 4) is 5.69 Å². The van der Waals surface area contributed by atoms with Crippen molar-refractivity contribution >= 4 is 28.1 Å². The molecule has 2 aliphatic carbocycles. The fourth-order valence-corrected chi connectivity index (χ4v) is 6.79. The Morgan fingerprint density at radius 1 is 0.667 bits per heavy atom. The second-order valence-electron chi connectivity index (χ2n) is 12.3. The van der Waals surface area contributed by atoms with Gasteiger partial charge >= 0.3 is 0 Å². The number of dihydropyridines is 1. The van der Waals surface area contributed by atoms with Crippen molar-refractivity contribution in [2.45, 2.75) is 31.7 Å². The number of anilines is 1. The normalized spacial score (nSPS) is 21.8. The molecule has 48 heavy (non-hydrogen) atoms. The summed E-state index contributed by atoms with van der Waals surface area (Å²) in [6.07, 6.45) is 27.5. The first-order chi connectivity index (χ1) is 23.7. The van der Waals surface area contributed by atoms with E-state index < -0.39 is 0 Å². The van der Waals surface area contributed by atoms with Crippen LogP contribution in [0.15, 0.2) is 192 Å². The Balaban J connectivity index is 1.03. The van der Waals surface area contributed by atoms with Gasteiger partial charge in [-0.1, -0.05) is 97.6 Å². The summed E-state index contributed by atoms with van der Waals surface area (Å²) in [7, 11) is 0. The molecule has 0 fully saturated rings. The molecule has 0 amide bonds. The number of nitrogens with zero attached hydrogens (tertiary/aromatic N) is 4. The number of amidine groups is 1. The molecule has 1 unspecified atom stereocenters. The molecule has 5 nitrogen and oxygen atoms in total. The number of hydrogen-bond acceptors (Lipinski definition) is 4. The average Bonchev–Trinajstić information content (AvgIpc) is 3.54. The standard InChI is InChI=1S/C43H37N5/c1-31-13-10-11-30-47(36-14-4-2-5-15-36)42(44-31)34-26-22-32(23-27-34)38-19-12-20-39(45-38)33-24-28-35(29-25-33)43-46-40-18-8-9-21-41(40)48(43)37-16-6-3-7-17-37/h2-22,24,26,28,30,38,45H,1,23,25,27,29H2/b13-10-,30-11-,44-42-. The molecule has 4 aromatic rings. The molecule has 1 atom stereocenters. The minimum atomic E-state index is 0.152.